The normalized spacial score (nSPS) is 11.8. The molecule has 2 aromatic rings. The molecule has 0 amide bonds. The Balaban J connectivity index is 2.75. The minimum absolute atomic E-state index is 0.0564. The van der Waals surface area contributed by atoms with Crippen LogP contribution in [0.5, 0.6) is 0 Å². The molecular weight excluding hydrogens is 216 g/mol. The number of hydrogen-bond donors (Lipinski definition) is 2. The lowest BCUT2D eigenvalue weighted by Crippen LogP contribution is -2.21. The van der Waals surface area contributed by atoms with E-state index >= 15 is 0 Å². The Bertz CT molecular complexity index is 537. The lowest BCUT2D eigenvalue weighted by molar-refractivity contribution is 0.406. The molecule has 17 heavy (non-hydrogen) atoms. The summed E-state index contributed by atoms with van der Waals surface area (Å²) in [7, 11) is 3.63. The Morgan fingerprint density at radius 3 is 2.35 bits per heavy atom. The van der Waals surface area contributed by atoms with Crippen molar-refractivity contribution in [3.8, 4) is 0 Å². The number of imidazole rings is 1. The summed E-state index contributed by atoms with van der Waals surface area (Å²) in [6, 6.07) is 0. The van der Waals surface area contributed by atoms with E-state index in [4.69, 9.17) is 0 Å². The summed E-state index contributed by atoms with van der Waals surface area (Å²) in [5, 5.41) is 6.00. The van der Waals surface area contributed by atoms with Gasteiger partial charge in [0, 0.05) is 19.6 Å². The molecule has 0 radical (unpaired) electrons. The molecule has 2 N–H and O–H groups in total. The smallest absolute Gasteiger partial charge is 0.226 e. The van der Waals surface area contributed by atoms with E-state index in [1.807, 2.05) is 11.6 Å². The average molecular weight is 234 g/mol. The lowest BCUT2D eigenvalue weighted by atomic mass is 10.1. The molecule has 0 aliphatic carbocycles. The maximum atomic E-state index is 4.47. The van der Waals surface area contributed by atoms with E-state index in [2.05, 4.69) is 46.4 Å². The predicted octanol–water partition coefficient (Wildman–Crippen LogP) is 1.66. The Morgan fingerprint density at radius 1 is 1.12 bits per heavy atom. The zero-order valence-electron chi connectivity index (χ0n) is 10.9. The van der Waals surface area contributed by atoms with Gasteiger partial charge in [-0.05, 0) is 20.8 Å². The average Bonchev–Trinajstić information content (AvgIpc) is 2.70. The van der Waals surface area contributed by atoms with Crippen molar-refractivity contribution in [2.45, 2.75) is 26.3 Å². The molecule has 2 heterocycles. The van der Waals surface area contributed by atoms with E-state index < -0.39 is 0 Å². The molecule has 0 aliphatic rings. The van der Waals surface area contributed by atoms with Gasteiger partial charge in [-0.3, -0.25) is 0 Å². The van der Waals surface area contributed by atoms with E-state index in [0.29, 0.717) is 5.95 Å². The molecule has 2 rings (SSSR count). The van der Waals surface area contributed by atoms with Crippen LogP contribution in [0.15, 0.2) is 6.33 Å². The van der Waals surface area contributed by atoms with Gasteiger partial charge in [0.1, 0.15) is 0 Å². The summed E-state index contributed by atoms with van der Waals surface area (Å²) in [5.41, 5.74) is 1.57. The zero-order valence-corrected chi connectivity index (χ0v) is 10.9. The van der Waals surface area contributed by atoms with Gasteiger partial charge in [-0.15, -0.1) is 0 Å². The third-order valence-corrected chi connectivity index (χ3v) is 2.58. The highest BCUT2D eigenvalue weighted by molar-refractivity contribution is 5.84. The first-order valence-electron chi connectivity index (χ1n) is 5.58. The summed E-state index contributed by atoms with van der Waals surface area (Å²) in [5.74, 6) is 1.33. The van der Waals surface area contributed by atoms with Crippen molar-refractivity contribution >= 4 is 22.9 Å². The second kappa shape index (κ2) is 3.87. The molecule has 92 valence electrons. The van der Waals surface area contributed by atoms with Crippen molar-refractivity contribution in [3.63, 3.8) is 0 Å². The minimum Gasteiger partial charge on any atom is -0.371 e. The monoisotopic (exact) mass is 234 g/mol. The van der Waals surface area contributed by atoms with Crippen LogP contribution in [-0.2, 0) is 5.54 Å². The van der Waals surface area contributed by atoms with Crippen molar-refractivity contribution in [1.82, 2.24) is 19.5 Å². The number of aromatic nitrogens is 4. The van der Waals surface area contributed by atoms with Gasteiger partial charge in [0.05, 0.1) is 6.33 Å². The Hall–Kier alpha value is -1.85. The molecule has 0 aliphatic heterocycles. The summed E-state index contributed by atoms with van der Waals surface area (Å²) < 4.78 is 2.05. The zero-order chi connectivity index (χ0) is 12.6. The Morgan fingerprint density at radius 2 is 1.82 bits per heavy atom. The molecule has 0 spiro atoms. The van der Waals surface area contributed by atoms with E-state index in [-0.39, 0.29) is 5.54 Å². The molecular formula is C11H18N6. The van der Waals surface area contributed by atoms with Crippen LogP contribution in [0.2, 0.25) is 0 Å². The summed E-state index contributed by atoms with van der Waals surface area (Å²) in [4.78, 5) is 13.2. The lowest BCUT2D eigenvalue weighted by Gasteiger charge is -2.21. The van der Waals surface area contributed by atoms with Gasteiger partial charge in [-0.25, -0.2) is 4.98 Å². The van der Waals surface area contributed by atoms with Gasteiger partial charge in [-0.2, -0.15) is 9.97 Å². The molecule has 6 nitrogen and oxygen atoms in total. The third kappa shape index (κ3) is 1.90. The fourth-order valence-corrected chi connectivity index (χ4v) is 1.68. The molecule has 0 unspecified atom stereocenters. The van der Waals surface area contributed by atoms with Crippen LogP contribution in [0.4, 0.5) is 11.8 Å². The summed E-state index contributed by atoms with van der Waals surface area (Å²) in [6.45, 7) is 6.36. The van der Waals surface area contributed by atoms with E-state index in [1.54, 1.807) is 13.4 Å². The number of fused-ring (bicyclic) bond motifs is 1. The maximum absolute atomic E-state index is 4.47. The van der Waals surface area contributed by atoms with Crippen molar-refractivity contribution < 1.29 is 0 Å². The second-order valence-electron chi connectivity index (χ2n) is 4.85. The Kier molecular flexibility index (Phi) is 2.65. The van der Waals surface area contributed by atoms with Crippen LogP contribution in [-0.4, -0.2) is 33.6 Å². The largest absolute Gasteiger partial charge is 0.371 e. The van der Waals surface area contributed by atoms with E-state index in [1.165, 1.54) is 0 Å². The van der Waals surface area contributed by atoms with Crippen molar-refractivity contribution in [3.05, 3.63) is 6.33 Å². The standard InChI is InChI=1S/C11H18N6/c1-11(2,3)17-6-14-7-8(12-4)15-10(13-5)16-9(7)17/h6H,1-5H3,(H2,12,13,15,16). The van der Waals surface area contributed by atoms with E-state index in [9.17, 15) is 0 Å². The van der Waals surface area contributed by atoms with Crippen LogP contribution < -0.4 is 10.6 Å². The number of anilines is 2. The van der Waals surface area contributed by atoms with Gasteiger partial charge >= 0.3 is 0 Å². The van der Waals surface area contributed by atoms with Crippen LogP contribution in [0.25, 0.3) is 11.2 Å². The first-order valence-corrected chi connectivity index (χ1v) is 5.58. The topological polar surface area (TPSA) is 67.7 Å². The van der Waals surface area contributed by atoms with Crippen LogP contribution in [0, 0.1) is 0 Å². The maximum Gasteiger partial charge on any atom is 0.226 e. The number of nitrogens with zero attached hydrogens (tertiary/aromatic N) is 4. The number of rotatable bonds is 2. The molecule has 0 saturated heterocycles. The highest BCUT2D eigenvalue weighted by atomic mass is 15.2. The number of hydrogen-bond acceptors (Lipinski definition) is 5. The fraction of sp³-hybridized carbons (Fsp3) is 0.545. The molecule has 0 fully saturated rings. The van der Waals surface area contributed by atoms with Gasteiger partial charge in [0.15, 0.2) is 17.0 Å². The van der Waals surface area contributed by atoms with Gasteiger partial charge in [-0.1, -0.05) is 0 Å². The predicted molar refractivity (Wildman–Crippen MR) is 69.4 cm³/mol. The Labute approximate surface area is 100 Å². The van der Waals surface area contributed by atoms with Crippen molar-refractivity contribution in [1.29, 1.82) is 0 Å². The highest BCUT2D eigenvalue weighted by Crippen LogP contribution is 2.25. The molecule has 0 aromatic carbocycles. The fourth-order valence-electron chi connectivity index (χ4n) is 1.68. The molecule has 6 heteroatoms. The van der Waals surface area contributed by atoms with E-state index in [0.717, 1.165) is 17.0 Å². The first kappa shape index (κ1) is 11.6. The van der Waals surface area contributed by atoms with Gasteiger partial charge < -0.3 is 15.2 Å². The summed E-state index contributed by atoms with van der Waals surface area (Å²) in [6.07, 6.45) is 1.81. The third-order valence-electron chi connectivity index (χ3n) is 2.58. The van der Waals surface area contributed by atoms with Crippen LogP contribution in [0.3, 0.4) is 0 Å². The SMILES string of the molecule is CNc1nc(NC)c2ncn(C(C)(C)C)c2n1. The minimum atomic E-state index is -0.0564. The van der Waals surface area contributed by atoms with Crippen LogP contribution >= 0.6 is 0 Å². The van der Waals surface area contributed by atoms with Crippen molar-refractivity contribution in [2.75, 3.05) is 24.7 Å². The molecule has 0 bridgehead atoms. The van der Waals surface area contributed by atoms with Gasteiger partial charge in [0.25, 0.3) is 0 Å². The molecule has 0 atom stereocenters. The molecule has 2 aromatic heterocycles. The quantitative estimate of drug-likeness (QED) is 0.827. The summed E-state index contributed by atoms with van der Waals surface area (Å²) >= 11 is 0. The first-order chi connectivity index (χ1) is 7.97. The van der Waals surface area contributed by atoms with Crippen LogP contribution in [0.1, 0.15) is 20.8 Å². The second-order valence-corrected chi connectivity index (χ2v) is 4.85. The van der Waals surface area contributed by atoms with Gasteiger partial charge in [0.2, 0.25) is 5.95 Å². The number of nitrogens with one attached hydrogen (secondary N) is 2. The molecule has 0 saturated carbocycles. The van der Waals surface area contributed by atoms with Crippen molar-refractivity contribution in [2.24, 2.45) is 0 Å². The highest BCUT2D eigenvalue weighted by Gasteiger charge is 2.19.